The minimum atomic E-state index is -1.78. The maximum Gasteiger partial charge on any atom is 0.116 e. The van der Waals surface area contributed by atoms with Gasteiger partial charge in [-0.1, -0.05) is 221 Å². The van der Waals surface area contributed by atoms with Crippen LogP contribution in [0.2, 0.25) is 6.32 Å². The van der Waals surface area contributed by atoms with Crippen LogP contribution in [0.4, 0.5) is 0 Å². The van der Waals surface area contributed by atoms with Crippen molar-refractivity contribution in [1.82, 2.24) is 0 Å². The molecule has 0 bridgehead atoms. The van der Waals surface area contributed by atoms with Crippen molar-refractivity contribution in [2.75, 3.05) is 0 Å². The van der Waals surface area contributed by atoms with Crippen molar-refractivity contribution in [3.63, 3.8) is 0 Å². The Hall–Kier alpha value is -4.97. The van der Waals surface area contributed by atoms with E-state index in [-0.39, 0.29) is 0 Å². The van der Waals surface area contributed by atoms with Crippen LogP contribution >= 0.6 is 7.26 Å². The Labute approximate surface area is 320 Å². The van der Waals surface area contributed by atoms with Crippen LogP contribution in [0.1, 0.15) is 51.0 Å². The molecular weight excluding hydrogens is 654 g/mol. The SMILES string of the molecule is CCCCCCCC[B-](c1ccccc1)(c1ccccc1)c1ccccc1.c1ccc(C[P+](c2ccccc2)(c2ccccc2)c2ccccc2)cc1. The van der Waals surface area contributed by atoms with Crippen LogP contribution in [0.15, 0.2) is 212 Å². The highest BCUT2D eigenvalue weighted by atomic mass is 31.2. The van der Waals surface area contributed by atoms with Gasteiger partial charge in [0.05, 0.1) is 12.3 Å². The Bertz CT molecular complexity index is 1810. The van der Waals surface area contributed by atoms with Gasteiger partial charge in [-0.05, 0) is 42.0 Å². The highest BCUT2D eigenvalue weighted by Crippen LogP contribution is 2.58. The Morgan fingerprint density at radius 3 is 1.00 bits per heavy atom. The minimum Gasteiger partial charge on any atom is -0.200 e. The van der Waals surface area contributed by atoms with Crippen molar-refractivity contribution in [1.29, 1.82) is 0 Å². The summed E-state index contributed by atoms with van der Waals surface area (Å²) in [5, 5.41) is 4.30. The molecule has 0 aliphatic rings. The van der Waals surface area contributed by atoms with Crippen LogP contribution in [0.3, 0.4) is 0 Å². The van der Waals surface area contributed by atoms with Gasteiger partial charge < -0.3 is 0 Å². The second kappa shape index (κ2) is 19.8. The lowest BCUT2D eigenvalue weighted by atomic mass is 9.14. The topological polar surface area (TPSA) is 0 Å². The second-order valence-electron chi connectivity index (χ2n) is 14.3. The van der Waals surface area contributed by atoms with Gasteiger partial charge in [-0.15, -0.1) is 0 Å². The van der Waals surface area contributed by atoms with Crippen molar-refractivity contribution in [2.24, 2.45) is 0 Å². The van der Waals surface area contributed by atoms with Gasteiger partial charge in [-0.2, -0.15) is 22.7 Å². The van der Waals surface area contributed by atoms with Crippen LogP contribution < -0.4 is 32.3 Å². The fraction of sp³-hybridized carbons (Fsp3) is 0.176. The van der Waals surface area contributed by atoms with E-state index >= 15 is 0 Å². The van der Waals surface area contributed by atoms with Crippen LogP contribution in [-0.4, -0.2) is 6.15 Å². The Balaban J connectivity index is 0.000000181. The average Bonchev–Trinajstić information content (AvgIpc) is 3.25. The van der Waals surface area contributed by atoms with Crippen molar-refractivity contribution < 1.29 is 0 Å². The Morgan fingerprint density at radius 1 is 0.340 bits per heavy atom. The van der Waals surface area contributed by atoms with E-state index in [2.05, 4.69) is 219 Å². The highest BCUT2D eigenvalue weighted by Gasteiger charge is 2.45. The van der Waals surface area contributed by atoms with Gasteiger partial charge in [0.1, 0.15) is 23.2 Å². The third-order valence-corrected chi connectivity index (χ3v) is 15.3. The number of hydrogen-bond acceptors (Lipinski definition) is 0. The van der Waals surface area contributed by atoms with Gasteiger partial charge >= 0.3 is 0 Å². The van der Waals surface area contributed by atoms with Gasteiger partial charge in [-0.25, -0.2) is 0 Å². The first kappa shape index (κ1) is 37.8. The first-order valence-corrected chi connectivity index (χ1v) is 21.7. The molecule has 0 atom stereocenters. The third kappa shape index (κ3) is 9.34. The molecule has 0 aromatic heterocycles. The number of rotatable bonds is 15. The van der Waals surface area contributed by atoms with Crippen molar-refractivity contribution in [3.8, 4) is 0 Å². The van der Waals surface area contributed by atoms with Gasteiger partial charge in [0.25, 0.3) is 0 Å². The summed E-state index contributed by atoms with van der Waals surface area (Å²) in [5.74, 6) is 0. The summed E-state index contributed by atoms with van der Waals surface area (Å²) in [7, 11) is -1.78. The zero-order valence-electron chi connectivity index (χ0n) is 31.4. The summed E-state index contributed by atoms with van der Waals surface area (Å²) < 4.78 is 0. The van der Waals surface area contributed by atoms with E-state index in [9.17, 15) is 0 Å². The fourth-order valence-electron chi connectivity index (χ4n) is 8.28. The lowest BCUT2D eigenvalue weighted by Gasteiger charge is -2.43. The second-order valence-corrected chi connectivity index (χ2v) is 17.8. The van der Waals surface area contributed by atoms with Crippen LogP contribution in [-0.2, 0) is 6.16 Å². The summed E-state index contributed by atoms with van der Waals surface area (Å²) in [6.45, 7) is 2.29. The maximum atomic E-state index is 2.33. The smallest absolute Gasteiger partial charge is 0.116 e. The fourth-order valence-corrected chi connectivity index (χ4v) is 12.5. The largest absolute Gasteiger partial charge is 0.200 e. The molecule has 0 unspecified atom stereocenters. The zero-order chi connectivity index (χ0) is 36.4. The molecule has 0 saturated heterocycles. The molecule has 0 radical (unpaired) electrons. The predicted octanol–water partition coefficient (Wildman–Crippen LogP) is 10.7. The van der Waals surface area contributed by atoms with E-state index in [1.54, 1.807) is 0 Å². The van der Waals surface area contributed by atoms with E-state index in [0.29, 0.717) is 0 Å². The summed E-state index contributed by atoms with van der Waals surface area (Å²) in [5.41, 5.74) is 5.77. The number of benzene rings is 7. The quantitative estimate of drug-likeness (QED) is 0.0565. The molecule has 0 spiro atoms. The lowest BCUT2D eigenvalue weighted by Crippen LogP contribution is -2.66. The average molecular weight is 709 g/mol. The molecule has 53 heavy (non-hydrogen) atoms. The standard InChI is InChI=1S/C26H32B.C25H22P/c1-2-3-4-5-6-16-23-27(24-17-10-7-11-18-24,25-19-12-8-13-20-25)26-21-14-9-15-22-26;1-5-13-22(14-6-1)21-26(23-15-7-2-8-16-23,24-17-9-3-10-18-24)25-19-11-4-12-20-25/h7-15,17-22H,2-6,16,23H2,1H3;1-20H,21H2/q-1;+1. The summed E-state index contributed by atoms with van der Waals surface area (Å²) in [6.07, 6.45) is 9.33. The molecule has 0 saturated carbocycles. The monoisotopic (exact) mass is 708 g/mol. The van der Waals surface area contributed by atoms with Gasteiger partial charge in [-0.3, -0.25) is 0 Å². The van der Waals surface area contributed by atoms with Crippen LogP contribution in [0, 0.1) is 0 Å². The van der Waals surface area contributed by atoms with E-state index < -0.39 is 13.4 Å². The van der Waals surface area contributed by atoms with Gasteiger partial charge in [0.2, 0.25) is 0 Å². The van der Waals surface area contributed by atoms with Crippen molar-refractivity contribution in [3.05, 3.63) is 218 Å². The zero-order valence-corrected chi connectivity index (χ0v) is 32.3. The molecule has 7 aromatic carbocycles. The third-order valence-electron chi connectivity index (χ3n) is 10.9. The summed E-state index contributed by atoms with van der Waals surface area (Å²) >= 11 is 0. The van der Waals surface area contributed by atoms with E-state index in [0.717, 1.165) is 6.16 Å². The van der Waals surface area contributed by atoms with E-state index in [1.165, 1.54) is 82.7 Å². The Morgan fingerprint density at radius 2 is 0.642 bits per heavy atom. The highest BCUT2D eigenvalue weighted by molar-refractivity contribution is 7.95. The molecule has 0 nitrogen and oxygen atoms in total. The molecule has 0 N–H and O–H groups in total. The molecule has 2 heteroatoms. The molecule has 266 valence electrons. The maximum absolute atomic E-state index is 2.33. The van der Waals surface area contributed by atoms with Crippen molar-refractivity contribution >= 4 is 45.7 Å². The van der Waals surface area contributed by atoms with Gasteiger partial charge in [0.15, 0.2) is 0 Å². The van der Waals surface area contributed by atoms with Gasteiger partial charge in [0, 0.05) is 0 Å². The first-order valence-electron chi connectivity index (χ1n) is 19.7. The Kier molecular flexibility index (Phi) is 14.1. The normalized spacial score (nSPS) is 11.3. The number of unbranched alkanes of at least 4 members (excludes halogenated alkanes) is 5. The molecule has 0 aliphatic carbocycles. The molecule has 0 fully saturated rings. The molecule has 0 aliphatic heterocycles. The van der Waals surface area contributed by atoms with Crippen LogP contribution in [0.25, 0.3) is 0 Å². The lowest BCUT2D eigenvalue weighted by molar-refractivity contribution is 0.623. The predicted molar refractivity (Wildman–Crippen MR) is 237 cm³/mol. The molecule has 7 rings (SSSR count). The molecular formula is C51H54BP. The van der Waals surface area contributed by atoms with E-state index in [4.69, 9.17) is 0 Å². The first-order chi connectivity index (χ1) is 26.3. The van der Waals surface area contributed by atoms with Crippen LogP contribution in [0.5, 0.6) is 0 Å². The molecule has 0 heterocycles. The minimum absolute atomic E-state index is 0.938. The summed E-state index contributed by atoms with van der Waals surface area (Å²) in [4.78, 5) is 0. The summed E-state index contributed by atoms with van der Waals surface area (Å²) in [6, 6.07) is 77.6. The van der Waals surface area contributed by atoms with E-state index in [1.807, 2.05) is 0 Å². The van der Waals surface area contributed by atoms with Crippen molar-refractivity contribution in [2.45, 2.75) is 57.9 Å². The molecule has 0 amide bonds. The number of hydrogen-bond donors (Lipinski definition) is 0. The molecule has 7 aromatic rings.